The lowest BCUT2D eigenvalue weighted by Crippen LogP contribution is -2.41. The number of carbonyl (C=O) groups is 1. The summed E-state index contributed by atoms with van der Waals surface area (Å²) in [6.45, 7) is 1.78. The minimum Gasteiger partial charge on any atom is -0.480 e. The van der Waals surface area contributed by atoms with E-state index in [2.05, 4.69) is 14.4 Å². The van der Waals surface area contributed by atoms with Crippen molar-refractivity contribution in [2.45, 2.75) is 31.6 Å². The van der Waals surface area contributed by atoms with E-state index in [1.165, 1.54) is 12.3 Å². The quantitative estimate of drug-likeness (QED) is 0.733. The molecule has 1 atom stereocenters. The number of hydrogen-bond donors (Lipinski definition) is 2. The van der Waals surface area contributed by atoms with Crippen LogP contribution in [0.25, 0.3) is 0 Å². The van der Waals surface area contributed by atoms with Crippen LogP contribution < -0.4 is 4.72 Å². The van der Waals surface area contributed by atoms with Crippen LogP contribution in [-0.4, -0.2) is 30.7 Å². The highest BCUT2D eigenvalue weighted by atomic mass is 32.2. The molecule has 1 aromatic heterocycles. The van der Waals surface area contributed by atoms with Crippen molar-refractivity contribution in [1.82, 2.24) is 9.88 Å². The molecule has 0 aliphatic heterocycles. The van der Waals surface area contributed by atoms with Crippen molar-refractivity contribution in [3.05, 3.63) is 18.0 Å². The standard InChI is InChI=1S/C9H14N2O5S/c1-2-3-8(9(12)13)11-17(14,15)6-7-4-5-16-10-7/h4-5,8,11H,2-3,6H2,1H3,(H,12,13). The van der Waals surface area contributed by atoms with Crippen molar-refractivity contribution in [3.63, 3.8) is 0 Å². The molecule has 7 nitrogen and oxygen atoms in total. The van der Waals surface area contributed by atoms with Crippen molar-refractivity contribution in [2.75, 3.05) is 0 Å². The summed E-state index contributed by atoms with van der Waals surface area (Å²) in [5.41, 5.74) is 0.234. The molecule has 0 amide bonds. The molecule has 0 spiro atoms. The van der Waals surface area contributed by atoms with E-state index >= 15 is 0 Å². The van der Waals surface area contributed by atoms with Crippen LogP contribution in [0.3, 0.4) is 0 Å². The average molecular weight is 262 g/mol. The maximum absolute atomic E-state index is 11.6. The Morgan fingerprint density at radius 2 is 2.35 bits per heavy atom. The SMILES string of the molecule is CCCC(NS(=O)(=O)Cc1ccon1)C(=O)O. The smallest absolute Gasteiger partial charge is 0.321 e. The van der Waals surface area contributed by atoms with Crippen molar-refractivity contribution in [1.29, 1.82) is 0 Å². The van der Waals surface area contributed by atoms with Crippen molar-refractivity contribution in [3.8, 4) is 0 Å². The Morgan fingerprint density at radius 3 is 2.82 bits per heavy atom. The van der Waals surface area contributed by atoms with Crippen LogP contribution >= 0.6 is 0 Å². The molecular weight excluding hydrogens is 248 g/mol. The summed E-state index contributed by atoms with van der Waals surface area (Å²) < 4.78 is 29.9. The van der Waals surface area contributed by atoms with Crippen molar-refractivity contribution >= 4 is 16.0 Å². The molecule has 2 N–H and O–H groups in total. The number of carboxylic acids is 1. The number of nitrogens with zero attached hydrogens (tertiary/aromatic N) is 1. The lowest BCUT2D eigenvalue weighted by molar-refractivity contribution is -0.139. The highest BCUT2D eigenvalue weighted by molar-refractivity contribution is 7.88. The van der Waals surface area contributed by atoms with Crippen LogP contribution in [0.5, 0.6) is 0 Å². The summed E-state index contributed by atoms with van der Waals surface area (Å²) in [4.78, 5) is 10.8. The van der Waals surface area contributed by atoms with E-state index in [1.807, 2.05) is 0 Å². The van der Waals surface area contributed by atoms with E-state index in [0.29, 0.717) is 6.42 Å². The number of sulfonamides is 1. The molecule has 96 valence electrons. The van der Waals surface area contributed by atoms with Crippen LogP contribution in [0.15, 0.2) is 16.9 Å². The molecule has 1 rings (SSSR count). The molecule has 0 bridgehead atoms. The molecule has 1 aromatic rings. The zero-order valence-corrected chi connectivity index (χ0v) is 10.1. The summed E-state index contributed by atoms with van der Waals surface area (Å²) in [6.07, 6.45) is 2.07. The Kier molecular flexibility index (Phi) is 4.64. The Morgan fingerprint density at radius 1 is 1.65 bits per heavy atom. The second-order valence-electron chi connectivity index (χ2n) is 3.55. The van der Waals surface area contributed by atoms with Gasteiger partial charge in [0.1, 0.15) is 18.1 Å². The maximum atomic E-state index is 11.6. The van der Waals surface area contributed by atoms with Gasteiger partial charge >= 0.3 is 5.97 Å². The summed E-state index contributed by atoms with van der Waals surface area (Å²) in [6, 6.07) is 0.311. The van der Waals surface area contributed by atoms with Gasteiger partial charge in [-0.15, -0.1) is 0 Å². The third-order valence-corrected chi connectivity index (χ3v) is 3.35. The van der Waals surface area contributed by atoms with Gasteiger partial charge in [0.05, 0.1) is 5.69 Å². The zero-order chi connectivity index (χ0) is 12.9. The van der Waals surface area contributed by atoms with Crippen molar-refractivity contribution in [2.24, 2.45) is 0 Å². The molecule has 0 aliphatic carbocycles. The number of rotatable bonds is 7. The van der Waals surface area contributed by atoms with Gasteiger partial charge in [-0.2, -0.15) is 0 Å². The summed E-state index contributed by atoms with van der Waals surface area (Å²) >= 11 is 0. The van der Waals surface area contributed by atoms with Crippen molar-refractivity contribution < 1.29 is 22.8 Å². The fraction of sp³-hybridized carbons (Fsp3) is 0.556. The molecule has 8 heteroatoms. The second kappa shape index (κ2) is 5.78. The Bertz CT molecular complexity index is 454. The van der Waals surface area contributed by atoms with E-state index in [-0.39, 0.29) is 12.1 Å². The highest BCUT2D eigenvalue weighted by Crippen LogP contribution is 2.05. The van der Waals surface area contributed by atoms with Gasteiger partial charge in [0, 0.05) is 6.07 Å². The molecule has 0 saturated carbocycles. The molecule has 0 saturated heterocycles. The fourth-order valence-corrected chi connectivity index (χ4v) is 2.56. The average Bonchev–Trinajstić information content (AvgIpc) is 2.68. The normalized spacial score (nSPS) is 13.5. The Hall–Kier alpha value is -1.41. The predicted molar refractivity (Wildman–Crippen MR) is 58.6 cm³/mol. The van der Waals surface area contributed by atoms with Crippen LogP contribution in [0.2, 0.25) is 0 Å². The lowest BCUT2D eigenvalue weighted by atomic mass is 10.2. The highest BCUT2D eigenvalue weighted by Gasteiger charge is 2.23. The number of nitrogens with one attached hydrogen (secondary N) is 1. The molecule has 1 heterocycles. The van der Waals surface area contributed by atoms with Gasteiger partial charge in [-0.25, -0.2) is 13.1 Å². The minimum atomic E-state index is -3.72. The maximum Gasteiger partial charge on any atom is 0.321 e. The lowest BCUT2D eigenvalue weighted by Gasteiger charge is -2.12. The third-order valence-electron chi connectivity index (χ3n) is 2.03. The zero-order valence-electron chi connectivity index (χ0n) is 9.29. The minimum absolute atomic E-state index is 0.234. The fourth-order valence-electron chi connectivity index (χ4n) is 1.29. The van der Waals surface area contributed by atoms with E-state index in [9.17, 15) is 13.2 Å². The Balaban J connectivity index is 2.67. The molecule has 0 fully saturated rings. The van der Waals surface area contributed by atoms with E-state index in [4.69, 9.17) is 5.11 Å². The monoisotopic (exact) mass is 262 g/mol. The van der Waals surface area contributed by atoms with Crippen LogP contribution in [-0.2, 0) is 20.6 Å². The van der Waals surface area contributed by atoms with Gasteiger partial charge in [0.25, 0.3) is 0 Å². The summed E-state index contributed by atoms with van der Waals surface area (Å²) in [7, 11) is -3.72. The van der Waals surface area contributed by atoms with Crippen LogP contribution in [0.1, 0.15) is 25.5 Å². The van der Waals surface area contributed by atoms with E-state index in [0.717, 1.165) is 0 Å². The Labute approximate surface area is 98.9 Å². The first-order valence-electron chi connectivity index (χ1n) is 5.06. The van der Waals surface area contributed by atoms with E-state index < -0.39 is 27.8 Å². The topological polar surface area (TPSA) is 110 Å². The van der Waals surface area contributed by atoms with Gasteiger partial charge in [-0.3, -0.25) is 4.79 Å². The molecule has 0 aliphatic rings. The second-order valence-corrected chi connectivity index (χ2v) is 5.30. The molecule has 1 unspecified atom stereocenters. The number of aliphatic carboxylic acids is 1. The molecule has 0 aromatic carbocycles. The van der Waals surface area contributed by atoms with Gasteiger partial charge in [-0.05, 0) is 6.42 Å². The largest absolute Gasteiger partial charge is 0.480 e. The predicted octanol–water partition coefficient (Wildman–Crippen LogP) is 0.347. The van der Waals surface area contributed by atoms with Gasteiger partial charge in [0.15, 0.2) is 0 Å². The number of hydrogen-bond acceptors (Lipinski definition) is 5. The summed E-state index contributed by atoms with van der Waals surface area (Å²) in [5.74, 6) is -1.58. The van der Waals surface area contributed by atoms with Gasteiger partial charge in [-0.1, -0.05) is 18.5 Å². The number of carboxylic acid groups (broad SMARTS) is 1. The van der Waals surface area contributed by atoms with Crippen LogP contribution in [0, 0.1) is 0 Å². The third kappa shape index (κ3) is 4.53. The molecule has 17 heavy (non-hydrogen) atoms. The van der Waals surface area contributed by atoms with Gasteiger partial charge < -0.3 is 9.63 Å². The molecular formula is C9H14N2O5S. The first kappa shape index (κ1) is 13.7. The van der Waals surface area contributed by atoms with Crippen LogP contribution in [0.4, 0.5) is 0 Å². The van der Waals surface area contributed by atoms with E-state index in [1.54, 1.807) is 6.92 Å². The first-order valence-corrected chi connectivity index (χ1v) is 6.72. The summed E-state index contributed by atoms with van der Waals surface area (Å²) in [5, 5.41) is 12.3. The first-order chi connectivity index (χ1) is 7.94. The number of aromatic nitrogens is 1. The molecule has 0 radical (unpaired) electrons. The van der Waals surface area contributed by atoms with Gasteiger partial charge in [0.2, 0.25) is 10.0 Å².